The van der Waals surface area contributed by atoms with Gasteiger partial charge in [-0.15, -0.1) is 10.2 Å². The Kier molecular flexibility index (Phi) is 5.05. The van der Waals surface area contributed by atoms with Crippen molar-refractivity contribution in [3.8, 4) is 0 Å². The van der Waals surface area contributed by atoms with E-state index in [0.717, 1.165) is 22.3 Å². The molecule has 0 aliphatic carbocycles. The van der Waals surface area contributed by atoms with Crippen LogP contribution < -0.4 is 9.80 Å². The Morgan fingerprint density at radius 2 is 1.69 bits per heavy atom. The lowest BCUT2D eigenvalue weighted by Crippen LogP contribution is -2.49. The van der Waals surface area contributed by atoms with Gasteiger partial charge in [-0.1, -0.05) is 0 Å². The minimum atomic E-state index is -4.09. The SMILES string of the molecule is CN(C)c1ccc(N2CCN(S(=O)(=O)c3cc(F)ccc3F)CC2)nn1. The molecule has 10 heteroatoms. The van der Waals surface area contributed by atoms with Crippen LogP contribution in [0.5, 0.6) is 0 Å². The molecule has 1 aromatic carbocycles. The fourth-order valence-electron chi connectivity index (χ4n) is 2.70. The predicted molar refractivity (Wildman–Crippen MR) is 93.7 cm³/mol. The summed E-state index contributed by atoms with van der Waals surface area (Å²) in [4.78, 5) is 3.09. The maximum absolute atomic E-state index is 13.9. The van der Waals surface area contributed by atoms with Gasteiger partial charge in [0.15, 0.2) is 11.6 Å². The third-order valence-electron chi connectivity index (χ3n) is 4.17. The molecular weight excluding hydrogens is 364 g/mol. The second-order valence-corrected chi connectivity index (χ2v) is 8.02. The Morgan fingerprint density at radius 1 is 1.00 bits per heavy atom. The third kappa shape index (κ3) is 3.61. The van der Waals surface area contributed by atoms with Crippen molar-refractivity contribution >= 4 is 21.7 Å². The van der Waals surface area contributed by atoms with Crippen LogP contribution >= 0.6 is 0 Å². The molecule has 1 aromatic heterocycles. The lowest BCUT2D eigenvalue weighted by atomic mass is 10.3. The summed E-state index contributed by atoms with van der Waals surface area (Å²) in [7, 11) is -0.370. The number of piperazine rings is 1. The highest BCUT2D eigenvalue weighted by Crippen LogP contribution is 2.23. The van der Waals surface area contributed by atoms with E-state index in [1.165, 1.54) is 0 Å². The molecule has 140 valence electrons. The zero-order chi connectivity index (χ0) is 18.9. The first-order chi connectivity index (χ1) is 12.3. The molecule has 0 atom stereocenters. The standard InChI is InChI=1S/C16H19F2N5O2S/c1-21(2)15-5-6-16(20-19-15)22-7-9-23(10-8-22)26(24,25)14-11-12(17)3-4-13(14)18/h3-6,11H,7-10H2,1-2H3. The van der Waals surface area contributed by atoms with Crippen LogP contribution in [0.25, 0.3) is 0 Å². The summed E-state index contributed by atoms with van der Waals surface area (Å²) in [5, 5.41) is 8.25. The molecule has 0 amide bonds. The van der Waals surface area contributed by atoms with E-state index < -0.39 is 26.6 Å². The normalized spacial score (nSPS) is 15.9. The van der Waals surface area contributed by atoms with Crippen molar-refractivity contribution in [2.24, 2.45) is 0 Å². The number of hydrogen-bond donors (Lipinski definition) is 0. The molecule has 0 radical (unpaired) electrons. The molecule has 1 aliphatic rings. The number of nitrogens with zero attached hydrogens (tertiary/aromatic N) is 5. The van der Waals surface area contributed by atoms with Gasteiger partial charge < -0.3 is 9.80 Å². The van der Waals surface area contributed by atoms with Gasteiger partial charge in [0.25, 0.3) is 0 Å². The van der Waals surface area contributed by atoms with E-state index in [1.807, 2.05) is 36.0 Å². The molecular formula is C16H19F2N5O2S. The topological polar surface area (TPSA) is 69.6 Å². The molecule has 2 aromatic rings. The van der Waals surface area contributed by atoms with Gasteiger partial charge in [0.2, 0.25) is 10.0 Å². The van der Waals surface area contributed by atoms with Crippen LogP contribution in [-0.2, 0) is 10.0 Å². The van der Waals surface area contributed by atoms with E-state index in [0.29, 0.717) is 25.0 Å². The van der Waals surface area contributed by atoms with E-state index in [9.17, 15) is 17.2 Å². The molecule has 0 unspecified atom stereocenters. The number of benzene rings is 1. The molecule has 0 spiro atoms. The van der Waals surface area contributed by atoms with Crippen molar-refractivity contribution in [3.05, 3.63) is 42.0 Å². The van der Waals surface area contributed by atoms with Crippen molar-refractivity contribution in [1.29, 1.82) is 0 Å². The maximum Gasteiger partial charge on any atom is 0.246 e. The van der Waals surface area contributed by atoms with E-state index in [4.69, 9.17) is 0 Å². The smallest absolute Gasteiger partial charge is 0.246 e. The summed E-state index contributed by atoms with van der Waals surface area (Å²) in [6.07, 6.45) is 0. The molecule has 7 nitrogen and oxygen atoms in total. The van der Waals surface area contributed by atoms with Crippen molar-refractivity contribution in [3.63, 3.8) is 0 Å². The van der Waals surface area contributed by atoms with Crippen molar-refractivity contribution < 1.29 is 17.2 Å². The average molecular weight is 383 g/mol. The van der Waals surface area contributed by atoms with Gasteiger partial charge in [0.05, 0.1) is 0 Å². The summed E-state index contributed by atoms with van der Waals surface area (Å²) < 4.78 is 53.5. The largest absolute Gasteiger partial charge is 0.361 e. The van der Waals surface area contributed by atoms with Gasteiger partial charge in [-0.3, -0.25) is 0 Å². The number of hydrogen-bond acceptors (Lipinski definition) is 6. The number of halogens is 2. The Labute approximate surface area is 150 Å². The minimum Gasteiger partial charge on any atom is -0.361 e. The fourth-order valence-corrected chi connectivity index (χ4v) is 4.20. The first-order valence-corrected chi connectivity index (χ1v) is 9.44. The van der Waals surface area contributed by atoms with Gasteiger partial charge in [-0.2, -0.15) is 4.31 Å². The third-order valence-corrected chi connectivity index (χ3v) is 6.08. The van der Waals surface area contributed by atoms with E-state index in [1.54, 1.807) is 0 Å². The highest BCUT2D eigenvalue weighted by atomic mass is 32.2. The number of anilines is 2. The summed E-state index contributed by atoms with van der Waals surface area (Å²) in [5.41, 5.74) is 0. The fraction of sp³-hybridized carbons (Fsp3) is 0.375. The number of rotatable bonds is 4. The summed E-state index contributed by atoms with van der Waals surface area (Å²) in [6.45, 7) is 1.06. The van der Waals surface area contributed by atoms with Crippen LogP contribution in [0.15, 0.2) is 35.2 Å². The van der Waals surface area contributed by atoms with Crippen LogP contribution in [0.4, 0.5) is 20.4 Å². The second kappa shape index (κ2) is 7.12. The van der Waals surface area contributed by atoms with Gasteiger partial charge in [0, 0.05) is 40.3 Å². The minimum absolute atomic E-state index is 0.148. The summed E-state index contributed by atoms with van der Waals surface area (Å²) in [6, 6.07) is 6.07. The molecule has 0 N–H and O–H groups in total. The van der Waals surface area contributed by atoms with Gasteiger partial charge >= 0.3 is 0 Å². The summed E-state index contributed by atoms with van der Waals surface area (Å²) in [5.74, 6) is -0.389. The monoisotopic (exact) mass is 383 g/mol. The second-order valence-electron chi connectivity index (χ2n) is 6.11. The Balaban J connectivity index is 1.72. The molecule has 0 bridgehead atoms. The van der Waals surface area contributed by atoms with E-state index >= 15 is 0 Å². The highest BCUT2D eigenvalue weighted by molar-refractivity contribution is 7.89. The van der Waals surface area contributed by atoms with E-state index in [-0.39, 0.29) is 13.1 Å². The summed E-state index contributed by atoms with van der Waals surface area (Å²) >= 11 is 0. The number of aromatic nitrogens is 2. The number of sulfonamides is 1. The average Bonchev–Trinajstić information content (AvgIpc) is 2.64. The lowest BCUT2D eigenvalue weighted by molar-refractivity contribution is 0.380. The van der Waals surface area contributed by atoms with Gasteiger partial charge in [-0.05, 0) is 30.3 Å². The van der Waals surface area contributed by atoms with Crippen LogP contribution in [0.1, 0.15) is 0 Å². The first-order valence-electron chi connectivity index (χ1n) is 8.00. The van der Waals surface area contributed by atoms with Crippen LogP contribution in [0.2, 0.25) is 0 Å². The van der Waals surface area contributed by atoms with Crippen molar-refractivity contribution in [2.75, 3.05) is 50.1 Å². The maximum atomic E-state index is 13.9. The molecule has 26 heavy (non-hydrogen) atoms. The van der Waals surface area contributed by atoms with Crippen LogP contribution in [0, 0.1) is 11.6 Å². The van der Waals surface area contributed by atoms with Gasteiger partial charge in [0.1, 0.15) is 16.5 Å². The zero-order valence-corrected chi connectivity index (χ0v) is 15.2. The molecule has 1 fully saturated rings. The van der Waals surface area contributed by atoms with Gasteiger partial charge in [-0.25, -0.2) is 17.2 Å². The molecule has 1 saturated heterocycles. The molecule has 1 aliphatic heterocycles. The molecule has 0 saturated carbocycles. The first kappa shape index (κ1) is 18.5. The van der Waals surface area contributed by atoms with E-state index in [2.05, 4.69) is 10.2 Å². The zero-order valence-electron chi connectivity index (χ0n) is 14.4. The Morgan fingerprint density at radius 3 is 2.27 bits per heavy atom. The van der Waals surface area contributed by atoms with Crippen molar-refractivity contribution in [2.45, 2.75) is 4.90 Å². The Hall–Kier alpha value is -2.33. The lowest BCUT2D eigenvalue weighted by Gasteiger charge is -2.34. The van der Waals surface area contributed by atoms with Crippen molar-refractivity contribution in [1.82, 2.24) is 14.5 Å². The molecule has 2 heterocycles. The Bertz CT molecular complexity index is 882. The highest BCUT2D eigenvalue weighted by Gasteiger charge is 2.31. The molecule has 3 rings (SSSR count). The quantitative estimate of drug-likeness (QED) is 0.794. The van der Waals surface area contributed by atoms with Crippen LogP contribution in [0.3, 0.4) is 0 Å². The predicted octanol–water partition coefficient (Wildman–Crippen LogP) is 1.33. The van der Waals surface area contributed by atoms with Crippen LogP contribution in [-0.4, -0.2) is 63.2 Å².